The summed E-state index contributed by atoms with van der Waals surface area (Å²) in [5, 5.41) is 0. The summed E-state index contributed by atoms with van der Waals surface area (Å²) in [6.45, 7) is 2.27. The predicted octanol–water partition coefficient (Wildman–Crippen LogP) is 7.83. The quantitative estimate of drug-likeness (QED) is 0.243. The van der Waals surface area contributed by atoms with Crippen LogP contribution in [0.4, 0.5) is 17.6 Å². The molecule has 1 aromatic rings. The van der Waals surface area contributed by atoms with Crippen molar-refractivity contribution in [2.24, 2.45) is 11.8 Å². The standard InChI is InChI=1S/C23H34F4OSi/c1-2-3-4-13-29-14-11-19(12-15-29)17-5-7-18(8-6-17)20-9-10-22(21(24)16-20)28-23(25,26)27/h9-10,16-19,29H,2-8,11-15H2,1H3/t17-,18-,19?,29?. The zero-order valence-electron chi connectivity index (χ0n) is 17.4. The van der Waals surface area contributed by atoms with Gasteiger partial charge in [0.15, 0.2) is 11.6 Å². The van der Waals surface area contributed by atoms with Gasteiger partial charge < -0.3 is 4.74 Å². The SMILES string of the molecule is CCCCC[SiH]1CCC([C@H]2CC[C@H](c3ccc(OC(F)(F)F)c(F)c3)CC2)CC1. The maximum Gasteiger partial charge on any atom is 0.573 e. The van der Waals surface area contributed by atoms with Gasteiger partial charge in [0, 0.05) is 8.80 Å². The topological polar surface area (TPSA) is 9.23 Å². The van der Waals surface area contributed by atoms with E-state index in [0.29, 0.717) is 0 Å². The first-order valence-electron chi connectivity index (χ1n) is 11.4. The zero-order valence-corrected chi connectivity index (χ0v) is 18.6. The number of halogens is 4. The number of rotatable bonds is 7. The molecule has 1 saturated heterocycles. The molecular formula is C23H34F4OSi. The number of hydrogen-bond donors (Lipinski definition) is 0. The molecule has 29 heavy (non-hydrogen) atoms. The van der Waals surface area contributed by atoms with Gasteiger partial charge in [0.25, 0.3) is 0 Å². The fourth-order valence-electron chi connectivity index (χ4n) is 5.53. The highest BCUT2D eigenvalue weighted by Gasteiger charge is 2.34. The Balaban J connectivity index is 1.45. The average molecular weight is 431 g/mol. The smallest absolute Gasteiger partial charge is 0.403 e. The third-order valence-corrected chi connectivity index (χ3v) is 10.7. The van der Waals surface area contributed by atoms with Crippen LogP contribution in [0.5, 0.6) is 5.75 Å². The minimum absolute atomic E-state index is 0.250. The van der Waals surface area contributed by atoms with Crippen LogP contribution in [0, 0.1) is 17.7 Å². The molecule has 1 aliphatic heterocycles. The van der Waals surface area contributed by atoms with Gasteiger partial charge in [0.1, 0.15) is 0 Å². The molecule has 164 valence electrons. The van der Waals surface area contributed by atoms with E-state index in [4.69, 9.17) is 0 Å². The Morgan fingerprint density at radius 1 is 0.966 bits per heavy atom. The van der Waals surface area contributed by atoms with Gasteiger partial charge >= 0.3 is 6.36 Å². The molecule has 0 amide bonds. The molecule has 0 bridgehead atoms. The lowest BCUT2D eigenvalue weighted by molar-refractivity contribution is -0.275. The summed E-state index contributed by atoms with van der Waals surface area (Å²) >= 11 is 0. The minimum Gasteiger partial charge on any atom is -0.403 e. The molecule has 1 heterocycles. The van der Waals surface area contributed by atoms with Crippen LogP contribution in [0.3, 0.4) is 0 Å². The van der Waals surface area contributed by atoms with Crippen molar-refractivity contribution < 1.29 is 22.3 Å². The highest BCUT2D eigenvalue weighted by Crippen LogP contribution is 2.44. The third-order valence-electron chi connectivity index (χ3n) is 7.20. The van der Waals surface area contributed by atoms with Crippen molar-refractivity contribution in [1.82, 2.24) is 0 Å². The summed E-state index contributed by atoms with van der Waals surface area (Å²) in [4.78, 5) is 0. The fraction of sp³-hybridized carbons (Fsp3) is 0.739. The molecule has 0 radical (unpaired) electrons. The van der Waals surface area contributed by atoms with Crippen LogP contribution in [0.25, 0.3) is 0 Å². The van der Waals surface area contributed by atoms with E-state index in [1.807, 2.05) is 0 Å². The second kappa shape index (κ2) is 10.3. The van der Waals surface area contributed by atoms with Gasteiger partial charge in [-0.15, -0.1) is 13.2 Å². The Morgan fingerprint density at radius 2 is 1.62 bits per heavy atom. The molecule has 1 aromatic carbocycles. The minimum atomic E-state index is -4.86. The molecule has 0 unspecified atom stereocenters. The predicted molar refractivity (Wildman–Crippen MR) is 112 cm³/mol. The first kappa shape index (κ1) is 22.6. The van der Waals surface area contributed by atoms with Gasteiger partial charge in [0.05, 0.1) is 0 Å². The second-order valence-corrected chi connectivity index (χ2v) is 12.6. The van der Waals surface area contributed by atoms with Crippen molar-refractivity contribution in [3.8, 4) is 5.75 Å². The molecule has 2 fully saturated rings. The lowest BCUT2D eigenvalue weighted by atomic mass is 9.72. The van der Waals surface area contributed by atoms with E-state index in [9.17, 15) is 17.6 Å². The van der Waals surface area contributed by atoms with E-state index in [1.54, 1.807) is 6.07 Å². The van der Waals surface area contributed by atoms with E-state index in [-0.39, 0.29) is 5.92 Å². The number of unbranched alkanes of at least 4 members (excludes halogenated alkanes) is 2. The van der Waals surface area contributed by atoms with Crippen LogP contribution >= 0.6 is 0 Å². The number of hydrogen-bond acceptors (Lipinski definition) is 1. The average Bonchev–Trinajstić information content (AvgIpc) is 2.69. The maximum atomic E-state index is 14.0. The van der Waals surface area contributed by atoms with Gasteiger partial charge in [-0.05, 0) is 61.1 Å². The Morgan fingerprint density at radius 3 is 2.21 bits per heavy atom. The largest absolute Gasteiger partial charge is 0.573 e. The second-order valence-electron chi connectivity index (χ2n) is 9.13. The first-order chi connectivity index (χ1) is 13.9. The first-order valence-corrected chi connectivity index (χ1v) is 13.9. The van der Waals surface area contributed by atoms with Gasteiger partial charge in [-0.2, -0.15) is 0 Å². The summed E-state index contributed by atoms with van der Waals surface area (Å²) < 4.78 is 54.7. The molecule has 1 nitrogen and oxygen atoms in total. The number of alkyl halides is 3. The van der Waals surface area contributed by atoms with Gasteiger partial charge in [0.2, 0.25) is 0 Å². The summed E-state index contributed by atoms with van der Waals surface area (Å²) in [5.41, 5.74) is 0.808. The van der Waals surface area contributed by atoms with Crippen molar-refractivity contribution in [3.05, 3.63) is 29.6 Å². The Labute approximate surface area is 173 Å². The van der Waals surface area contributed by atoms with Gasteiger partial charge in [-0.3, -0.25) is 0 Å². The summed E-state index contributed by atoms with van der Waals surface area (Å²) in [6.07, 6.45) is 6.46. The molecule has 0 spiro atoms. The molecule has 3 rings (SSSR count). The van der Waals surface area contributed by atoms with E-state index in [1.165, 1.54) is 69.1 Å². The van der Waals surface area contributed by atoms with Crippen LogP contribution in [0.1, 0.15) is 76.2 Å². The molecule has 0 atom stereocenters. The monoisotopic (exact) mass is 430 g/mol. The summed E-state index contributed by atoms with van der Waals surface area (Å²) in [5.74, 6) is 0.239. The van der Waals surface area contributed by atoms with Crippen LogP contribution < -0.4 is 4.74 Å². The van der Waals surface area contributed by atoms with Gasteiger partial charge in [-0.25, -0.2) is 4.39 Å². The zero-order chi connectivity index (χ0) is 20.9. The molecule has 0 N–H and O–H groups in total. The number of benzene rings is 1. The van der Waals surface area contributed by atoms with E-state index in [0.717, 1.165) is 36.3 Å². The van der Waals surface area contributed by atoms with Gasteiger partial charge in [-0.1, -0.05) is 63.2 Å². The molecular weight excluding hydrogens is 396 g/mol. The van der Waals surface area contributed by atoms with E-state index in [2.05, 4.69) is 11.7 Å². The van der Waals surface area contributed by atoms with Crippen molar-refractivity contribution in [1.29, 1.82) is 0 Å². The Hall–Kier alpha value is -1.04. The van der Waals surface area contributed by atoms with E-state index >= 15 is 0 Å². The van der Waals surface area contributed by atoms with Crippen LogP contribution in [0.2, 0.25) is 18.1 Å². The normalized spacial score (nSPS) is 28.3. The highest BCUT2D eigenvalue weighted by atomic mass is 28.3. The highest BCUT2D eigenvalue weighted by molar-refractivity contribution is 6.58. The van der Waals surface area contributed by atoms with Crippen molar-refractivity contribution in [3.63, 3.8) is 0 Å². The Kier molecular flexibility index (Phi) is 8.05. The molecule has 6 heteroatoms. The molecule has 0 aromatic heterocycles. The fourth-order valence-corrected chi connectivity index (χ4v) is 9.06. The Bertz CT molecular complexity index is 632. The number of ether oxygens (including phenoxy) is 1. The van der Waals surface area contributed by atoms with Crippen molar-refractivity contribution >= 4 is 8.80 Å². The van der Waals surface area contributed by atoms with Crippen LogP contribution in [-0.4, -0.2) is 15.2 Å². The maximum absolute atomic E-state index is 14.0. The lowest BCUT2D eigenvalue weighted by Gasteiger charge is -2.37. The van der Waals surface area contributed by atoms with Crippen molar-refractivity contribution in [2.45, 2.75) is 95.1 Å². The third kappa shape index (κ3) is 6.73. The molecule has 1 aliphatic carbocycles. The van der Waals surface area contributed by atoms with E-state index < -0.39 is 26.7 Å². The lowest BCUT2D eigenvalue weighted by Crippen LogP contribution is -2.28. The molecule has 2 aliphatic rings. The summed E-state index contributed by atoms with van der Waals surface area (Å²) in [7, 11) is -0.472. The van der Waals surface area contributed by atoms with Crippen LogP contribution in [-0.2, 0) is 0 Å². The van der Waals surface area contributed by atoms with Crippen LogP contribution in [0.15, 0.2) is 18.2 Å². The molecule has 1 saturated carbocycles. The summed E-state index contributed by atoms with van der Waals surface area (Å²) in [6, 6.07) is 8.52. The van der Waals surface area contributed by atoms with Crippen molar-refractivity contribution in [2.75, 3.05) is 0 Å².